The Morgan fingerprint density at radius 2 is 1.96 bits per heavy atom. The standard InChI is InChI=1S/C17H14N4O5/c1-25-15-8-7-13(21(23)24)9-16(15)26-17(22)14-11-20(19-18-14)10-12-5-3-2-4-6-12/h2-9,11H,10H2,1H3. The van der Waals surface area contributed by atoms with Crippen molar-refractivity contribution in [3.8, 4) is 11.5 Å². The summed E-state index contributed by atoms with van der Waals surface area (Å²) in [6.07, 6.45) is 1.44. The largest absolute Gasteiger partial charge is 0.493 e. The highest BCUT2D eigenvalue weighted by Gasteiger charge is 2.19. The second kappa shape index (κ2) is 7.43. The molecule has 1 aromatic heterocycles. The molecule has 0 aliphatic rings. The van der Waals surface area contributed by atoms with E-state index in [1.807, 2.05) is 30.3 Å². The zero-order chi connectivity index (χ0) is 18.5. The van der Waals surface area contributed by atoms with Crippen LogP contribution in [-0.2, 0) is 6.54 Å². The van der Waals surface area contributed by atoms with Crippen LogP contribution in [0.25, 0.3) is 0 Å². The Bertz CT molecular complexity index is 939. The van der Waals surface area contributed by atoms with Crippen LogP contribution in [0.4, 0.5) is 5.69 Å². The Balaban J connectivity index is 1.76. The summed E-state index contributed by atoms with van der Waals surface area (Å²) in [4.78, 5) is 22.6. The van der Waals surface area contributed by atoms with Crippen LogP contribution in [-0.4, -0.2) is 33.0 Å². The quantitative estimate of drug-likeness (QED) is 0.289. The summed E-state index contributed by atoms with van der Waals surface area (Å²) >= 11 is 0. The van der Waals surface area contributed by atoms with Crippen molar-refractivity contribution in [3.05, 3.63) is 76.1 Å². The summed E-state index contributed by atoms with van der Waals surface area (Å²) in [5, 5.41) is 18.6. The number of aromatic nitrogens is 3. The molecule has 0 spiro atoms. The van der Waals surface area contributed by atoms with Gasteiger partial charge in [0.15, 0.2) is 17.2 Å². The second-order valence-electron chi connectivity index (χ2n) is 5.27. The van der Waals surface area contributed by atoms with E-state index in [0.29, 0.717) is 6.54 Å². The molecule has 2 aromatic carbocycles. The molecule has 0 aliphatic heterocycles. The van der Waals surface area contributed by atoms with E-state index in [1.165, 1.54) is 30.1 Å². The Hall–Kier alpha value is -3.75. The van der Waals surface area contributed by atoms with Gasteiger partial charge in [-0.15, -0.1) is 5.10 Å². The molecule has 0 aliphatic carbocycles. The van der Waals surface area contributed by atoms with Crippen LogP contribution in [0.1, 0.15) is 16.1 Å². The fourth-order valence-electron chi connectivity index (χ4n) is 2.25. The number of carbonyl (C=O) groups excluding carboxylic acids is 1. The minimum atomic E-state index is -0.789. The molecule has 0 amide bonds. The Kier molecular flexibility index (Phi) is 4.88. The molecule has 0 N–H and O–H groups in total. The monoisotopic (exact) mass is 354 g/mol. The third-order valence-electron chi connectivity index (χ3n) is 3.50. The minimum absolute atomic E-state index is 0.0190. The van der Waals surface area contributed by atoms with Crippen LogP contribution in [0.15, 0.2) is 54.7 Å². The molecule has 0 bridgehead atoms. The molecule has 3 rings (SSSR count). The summed E-state index contributed by atoms with van der Waals surface area (Å²) in [5.74, 6) is -0.659. The number of carbonyl (C=O) groups is 1. The molecule has 0 saturated heterocycles. The third kappa shape index (κ3) is 3.83. The van der Waals surface area contributed by atoms with Gasteiger partial charge in [-0.25, -0.2) is 9.48 Å². The molecule has 132 valence electrons. The highest BCUT2D eigenvalue weighted by Crippen LogP contribution is 2.31. The predicted molar refractivity (Wildman–Crippen MR) is 90.2 cm³/mol. The molecule has 0 radical (unpaired) electrons. The van der Waals surface area contributed by atoms with Crippen molar-refractivity contribution in [1.29, 1.82) is 0 Å². The first-order chi connectivity index (χ1) is 12.6. The number of nitrogens with zero attached hydrogens (tertiary/aromatic N) is 4. The maximum absolute atomic E-state index is 12.3. The van der Waals surface area contributed by atoms with E-state index < -0.39 is 10.9 Å². The predicted octanol–water partition coefficient (Wildman–Crippen LogP) is 2.46. The summed E-state index contributed by atoms with van der Waals surface area (Å²) in [5.41, 5.74) is 0.758. The average molecular weight is 354 g/mol. The van der Waals surface area contributed by atoms with Crippen molar-refractivity contribution >= 4 is 11.7 Å². The highest BCUT2D eigenvalue weighted by molar-refractivity contribution is 5.89. The number of rotatable bonds is 6. The maximum atomic E-state index is 12.3. The van der Waals surface area contributed by atoms with Crippen molar-refractivity contribution in [2.75, 3.05) is 7.11 Å². The van der Waals surface area contributed by atoms with Gasteiger partial charge in [-0.3, -0.25) is 10.1 Å². The number of benzene rings is 2. The third-order valence-corrected chi connectivity index (χ3v) is 3.50. The molecule has 9 heteroatoms. The van der Waals surface area contributed by atoms with Gasteiger partial charge in [0.1, 0.15) is 0 Å². The topological polar surface area (TPSA) is 109 Å². The van der Waals surface area contributed by atoms with Gasteiger partial charge in [-0.05, 0) is 11.6 Å². The zero-order valence-electron chi connectivity index (χ0n) is 13.7. The van der Waals surface area contributed by atoms with Crippen molar-refractivity contribution in [2.24, 2.45) is 0 Å². The van der Waals surface area contributed by atoms with Gasteiger partial charge < -0.3 is 9.47 Å². The second-order valence-corrected chi connectivity index (χ2v) is 5.27. The number of ether oxygens (including phenoxy) is 2. The number of esters is 1. The Morgan fingerprint density at radius 1 is 1.19 bits per heavy atom. The lowest BCUT2D eigenvalue weighted by molar-refractivity contribution is -0.384. The normalized spacial score (nSPS) is 10.3. The van der Waals surface area contributed by atoms with E-state index in [9.17, 15) is 14.9 Å². The van der Waals surface area contributed by atoms with Gasteiger partial charge >= 0.3 is 5.97 Å². The fraction of sp³-hybridized carbons (Fsp3) is 0.118. The van der Waals surface area contributed by atoms with Crippen LogP contribution in [0.2, 0.25) is 0 Å². The molecule has 0 saturated carbocycles. The van der Waals surface area contributed by atoms with Gasteiger partial charge in [-0.1, -0.05) is 35.5 Å². The lowest BCUT2D eigenvalue weighted by Gasteiger charge is -2.07. The molecule has 26 heavy (non-hydrogen) atoms. The van der Waals surface area contributed by atoms with Crippen LogP contribution in [0.5, 0.6) is 11.5 Å². The van der Waals surface area contributed by atoms with Crippen LogP contribution in [0, 0.1) is 10.1 Å². The van der Waals surface area contributed by atoms with Crippen molar-refractivity contribution in [1.82, 2.24) is 15.0 Å². The van der Waals surface area contributed by atoms with Crippen LogP contribution >= 0.6 is 0 Å². The SMILES string of the molecule is COc1ccc([N+](=O)[O-])cc1OC(=O)c1cn(Cc2ccccc2)nn1. The minimum Gasteiger partial charge on any atom is -0.493 e. The highest BCUT2D eigenvalue weighted by atomic mass is 16.6. The smallest absolute Gasteiger partial charge is 0.366 e. The van der Waals surface area contributed by atoms with Gasteiger partial charge in [0.2, 0.25) is 0 Å². The van der Waals surface area contributed by atoms with E-state index in [4.69, 9.17) is 9.47 Å². The summed E-state index contributed by atoms with van der Waals surface area (Å²) in [7, 11) is 1.37. The summed E-state index contributed by atoms with van der Waals surface area (Å²) < 4.78 is 11.7. The first-order valence-corrected chi connectivity index (χ1v) is 7.55. The average Bonchev–Trinajstić information content (AvgIpc) is 3.11. The van der Waals surface area contributed by atoms with Crippen molar-refractivity contribution < 1.29 is 19.2 Å². The van der Waals surface area contributed by atoms with E-state index in [-0.39, 0.29) is 22.9 Å². The number of methoxy groups -OCH3 is 1. The molecular weight excluding hydrogens is 340 g/mol. The van der Waals surface area contributed by atoms with E-state index in [2.05, 4.69) is 10.3 Å². The van der Waals surface area contributed by atoms with E-state index in [1.54, 1.807) is 0 Å². The molecule has 3 aromatic rings. The number of hydrogen-bond acceptors (Lipinski definition) is 7. The van der Waals surface area contributed by atoms with Crippen molar-refractivity contribution in [2.45, 2.75) is 6.54 Å². The maximum Gasteiger partial charge on any atom is 0.366 e. The van der Waals surface area contributed by atoms with Gasteiger partial charge in [0.05, 0.1) is 30.8 Å². The number of nitro benzene ring substituents is 1. The van der Waals surface area contributed by atoms with Gasteiger partial charge in [0.25, 0.3) is 5.69 Å². The van der Waals surface area contributed by atoms with Crippen LogP contribution < -0.4 is 9.47 Å². The fourth-order valence-corrected chi connectivity index (χ4v) is 2.25. The van der Waals surface area contributed by atoms with Gasteiger partial charge in [0, 0.05) is 6.07 Å². The first kappa shape index (κ1) is 17.1. The van der Waals surface area contributed by atoms with E-state index >= 15 is 0 Å². The number of hydrogen-bond donors (Lipinski definition) is 0. The summed E-state index contributed by atoms with van der Waals surface area (Å²) in [6, 6.07) is 13.3. The molecule has 0 unspecified atom stereocenters. The summed E-state index contributed by atoms with van der Waals surface area (Å²) in [6.45, 7) is 0.446. The van der Waals surface area contributed by atoms with Crippen molar-refractivity contribution in [3.63, 3.8) is 0 Å². The molecule has 0 fully saturated rings. The molecular formula is C17H14N4O5. The number of non-ortho nitro benzene ring substituents is 1. The first-order valence-electron chi connectivity index (χ1n) is 7.55. The van der Waals surface area contributed by atoms with E-state index in [0.717, 1.165) is 11.6 Å². The molecule has 1 heterocycles. The van der Waals surface area contributed by atoms with Gasteiger partial charge in [-0.2, -0.15) is 0 Å². The van der Waals surface area contributed by atoms with Crippen LogP contribution in [0.3, 0.4) is 0 Å². The zero-order valence-corrected chi connectivity index (χ0v) is 13.7. The molecule has 0 atom stereocenters. The Labute approximate surface area is 147 Å². The molecule has 9 nitrogen and oxygen atoms in total. The number of nitro groups is 1. The lowest BCUT2D eigenvalue weighted by atomic mass is 10.2. The lowest BCUT2D eigenvalue weighted by Crippen LogP contribution is -2.10. The Morgan fingerprint density at radius 3 is 2.65 bits per heavy atom.